The van der Waals surface area contributed by atoms with Gasteiger partial charge in [-0.15, -0.1) is 0 Å². The summed E-state index contributed by atoms with van der Waals surface area (Å²) in [6.07, 6.45) is 3.87. The fraction of sp³-hybridized carbons (Fsp3) is 0.176. The predicted molar refractivity (Wildman–Crippen MR) is 83.6 cm³/mol. The lowest BCUT2D eigenvalue weighted by Gasteiger charge is -2.08. The first kappa shape index (κ1) is 13.3. The molecule has 1 aromatic carbocycles. The van der Waals surface area contributed by atoms with E-state index in [1.165, 1.54) is 5.56 Å². The Balaban J connectivity index is 2.04. The molecule has 0 aliphatic heterocycles. The van der Waals surface area contributed by atoms with E-state index in [-0.39, 0.29) is 0 Å². The van der Waals surface area contributed by atoms with Crippen LogP contribution < -0.4 is 0 Å². The number of aromatic nitrogens is 2. The first-order chi connectivity index (χ1) is 10.2. The Morgan fingerprint density at radius 3 is 2.62 bits per heavy atom. The lowest BCUT2D eigenvalue weighted by molar-refractivity contribution is 0.404. The van der Waals surface area contributed by atoms with Crippen molar-refractivity contribution in [3.63, 3.8) is 0 Å². The molecule has 0 saturated heterocycles. The molecule has 4 nitrogen and oxygen atoms in total. The second-order valence-corrected chi connectivity index (χ2v) is 5.36. The normalized spacial score (nSPS) is 11.0. The monoisotopic (exact) mass is 276 g/mol. The first-order valence-electron chi connectivity index (χ1n) is 6.78. The largest absolute Gasteiger partial charge is 0.346 e. The summed E-state index contributed by atoms with van der Waals surface area (Å²) in [5, 5.41) is 10.0. The van der Waals surface area contributed by atoms with Crippen LogP contribution in [0.1, 0.15) is 11.1 Å². The number of fused-ring (bicyclic) bond motifs is 1. The third-order valence-corrected chi connectivity index (χ3v) is 3.45. The Kier molecular flexibility index (Phi) is 3.43. The van der Waals surface area contributed by atoms with E-state index in [0.29, 0.717) is 5.56 Å². The van der Waals surface area contributed by atoms with E-state index in [1.807, 2.05) is 36.7 Å². The van der Waals surface area contributed by atoms with Crippen LogP contribution in [0.25, 0.3) is 22.2 Å². The molecule has 0 radical (unpaired) electrons. The van der Waals surface area contributed by atoms with Gasteiger partial charge in [0.1, 0.15) is 5.65 Å². The van der Waals surface area contributed by atoms with Crippen molar-refractivity contribution < 1.29 is 0 Å². The highest BCUT2D eigenvalue weighted by Gasteiger charge is 2.08. The number of hydrogen-bond acceptors (Lipinski definition) is 3. The highest BCUT2D eigenvalue weighted by molar-refractivity contribution is 5.84. The third kappa shape index (κ3) is 2.64. The number of nitriles is 1. The van der Waals surface area contributed by atoms with E-state index in [4.69, 9.17) is 5.26 Å². The molecule has 104 valence electrons. The molecule has 0 bridgehead atoms. The molecule has 0 saturated carbocycles. The second-order valence-electron chi connectivity index (χ2n) is 5.36. The smallest absolute Gasteiger partial charge is 0.137 e. The van der Waals surface area contributed by atoms with E-state index >= 15 is 0 Å². The van der Waals surface area contributed by atoms with Gasteiger partial charge >= 0.3 is 0 Å². The molecule has 0 spiro atoms. The highest BCUT2D eigenvalue weighted by atomic mass is 15.1. The van der Waals surface area contributed by atoms with Crippen LogP contribution in [0.4, 0.5) is 0 Å². The number of aromatic amines is 1. The van der Waals surface area contributed by atoms with Crippen LogP contribution in [0.2, 0.25) is 0 Å². The zero-order valence-electron chi connectivity index (χ0n) is 12.1. The second kappa shape index (κ2) is 5.39. The summed E-state index contributed by atoms with van der Waals surface area (Å²) < 4.78 is 0. The van der Waals surface area contributed by atoms with Gasteiger partial charge in [-0.05, 0) is 43.4 Å². The van der Waals surface area contributed by atoms with Gasteiger partial charge < -0.3 is 9.88 Å². The average molecular weight is 276 g/mol. The van der Waals surface area contributed by atoms with Crippen molar-refractivity contribution >= 4 is 11.0 Å². The van der Waals surface area contributed by atoms with Crippen molar-refractivity contribution in [3.05, 3.63) is 53.9 Å². The van der Waals surface area contributed by atoms with E-state index in [0.717, 1.165) is 28.7 Å². The molecule has 0 fully saturated rings. The van der Waals surface area contributed by atoms with Gasteiger partial charge in [0.05, 0.1) is 11.6 Å². The van der Waals surface area contributed by atoms with Gasteiger partial charge in [-0.2, -0.15) is 5.26 Å². The van der Waals surface area contributed by atoms with Crippen LogP contribution in [0.5, 0.6) is 0 Å². The Morgan fingerprint density at radius 1 is 1.19 bits per heavy atom. The third-order valence-electron chi connectivity index (χ3n) is 3.45. The minimum atomic E-state index is 0.669. The van der Waals surface area contributed by atoms with Crippen molar-refractivity contribution in [2.24, 2.45) is 0 Å². The summed E-state index contributed by atoms with van der Waals surface area (Å²) in [4.78, 5) is 9.83. The van der Waals surface area contributed by atoms with E-state index in [2.05, 4.69) is 41.1 Å². The van der Waals surface area contributed by atoms with Crippen molar-refractivity contribution in [3.8, 4) is 17.2 Å². The average Bonchev–Trinajstić information content (AvgIpc) is 2.89. The summed E-state index contributed by atoms with van der Waals surface area (Å²) in [6, 6.07) is 11.9. The molecule has 0 aliphatic carbocycles. The van der Waals surface area contributed by atoms with Crippen molar-refractivity contribution in [1.82, 2.24) is 14.9 Å². The number of pyridine rings is 1. The Morgan fingerprint density at radius 2 is 1.95 bits per heavy atom. The van der Waals surface area contributed by atoms with Crippen molar-refractivity contribution in [2.45, 2.75) is 6.54 Å². The van der Waals surface area contributed by atoms with Crippen LogP contribution in [0, 0.1) is 11.3 Å². The molecule has 4 heteroatoms. The van der Waals surface area contributed by atoms with Gasteiger partial charge in [0, 0.05) is 29.9 Å². The lowest BCUT2D eigenvalue weighted by Crippen LogP contribution is -2.10. The number of hydrogen-bond donors (Lipinski definition) is 1. The fourth-order valence-electron chi connectivity index (χ4n) is 2.42. The zero-order chi connectivity index (χ0) is 14.8. The lowest BCUT2D eigenvalue weighted by atomic mass is 10.0. The Hall–Kier alpha value is -2.64. The maximum absolute atomic E-state index is 8.86. The molecule has 2 heterocycles. The summed E-state index contributed by atoms with van der Waals surface area (Å²) >= 11 is 0. The number of nitrogens with zero attached hydrogens (tertiary/aromatic N) is 3. The van der Waals surface area contributed by atoms with Gasteiger partial charge in [0.25, 0.3) is 0 Å². The Labute approximate surface area is 123 Å². The summed E-state index contributed by atoms with van der Waals surface area (Å²) in [5.74, 6) is 0. The standard InChI is InChI=1S/C17H16N4/c1-21(2)11-15-10-20-17-16(15)7-14(9-19-17)13-5-3-12(8-18)4-6-13/h3-7,9-10H,11H2,1-2H3,(H,19,20). The maximum atomic E-state index is 8.86. The van der Waals surface area contributed by atoms with Crippen LogP contribution in [-0.4, -0.2) is 29.0 Å². The van der Waals surface area contributed by atoms with E-state index in [9.17, 15) is 0 Å². The van der Waals surface area contributed by atoms with Crippen molar-refractivity contribution in [2.75, 3.05) is 14.1 Å². The van der Waals surface area contributed by atoms with Crippen molar-refractivity contribution in [1.29, 1.82) is 5.26 Å². The zero-order valence-corrected chi connectivity index (χ0v) is 12.1. The van der Waals surface area contributed by atoms with Gasteiger partial charge in [-0.1, -0.05) is 12.1 Å². The minimum absolute atomic E-state index is 0.669. The van der Waals surface area contributed by atoms with Crippen LogP contribution >= 0.6 is 0 Å². The molecular weight excluding hydrogens is 260 g/mol. The van der Waals surface area contributed by atoms with Gasteiger partial charge in [0.2, 0.25) is 0 Å². The summed E-state index contributed by atoms with van der Waals surface area (Å²) in [5.41, 5.74) is 4.94. The predicted octanol–water partition coefficient (Wildman–Crippen LogP) is 3.16. The maximum Gasteiger partial charge on any atom is 0.137 e. The van der Waals surface area contributed by atoms with Gasteiger partial charge in [0.15, 0.2) is 0 Å². The molecule has 0 atom stereocenters. The molecule has 0 amide bonds. The number of rotatable bonds is 3. The molecule has 2 aromatic heterocycles. The molecule has 0 aliphatic rings. The topological polar surface area (TPSA) is 55.7 Å². The van der Waals surface area contributed by atoms with Crippen LogP contribution in [0.15, 0.2) is 42.7 Å². The number of nitrogens with one attached hydrogen (secondary N) is 1. The number of benzene rings is 1. The first-order valence-corrected chi connectivity index (χ1v) is 6.78. The minimum Gasteiger partial charge on any atom is -0.346 e. The van der Waals surface area contributed by atoms with Crippen LogP contribution in [0.3, 0.4) is 0 Å². The fourth-order valence-corrected chi connectivity index (χ4v) is 2.42. The summed E-state index contributed by atoms with van der Waals surface area (Å²) in [7, 11) is 4.10. The van der Waals surface area contributed by atoms with E-state index < -0.39 is 0 Å². The van der Waals surface area contributed by atoms with Gasteiger partial charge in [-0.3, -0.25) is 0 Å². The molecular formula is C17H16N4. The molecule has 21 heavy (non-hydrogen) atoms. The highest BCUT2D eigenvalue weighted by Crippen LogP contribution is 2.25. The molecule has 1 N–H and O–H groups in total. The molecule has 3 aromatic rings. The quantitative estimate of drug-likeness (QED) is 0.799. The SMILES string of the molecule is CN(C)Cc1c[nH]c2ncc(-c3ccc(C#N)cc3)cc12. The summed E-state index contributed by atoms with van der Waals surface area (Å²) in [6.45, 7) is 0.874. The van der Waals surface area contributed by atoms with Crippen LogP contribution in [-0.2, 0) is 6.54 Å². The van der Waals surface area contributed by atoms with Gasteiger partial charge in [-0.25, -0.2) is 4.98 Å². The molecule has 0 unspecified atom stereocenters. The Bertz CT molecular complexity index is 807. The number of H-pyrrole nitrogens is 1. The molecule has 3 rings (SSSR count). The van der Waals surface area contributed by atoms with E-state index in [1.54, 1.807) is 0 Å².